The summed E-state index contributed by atoms with van der Waals surface area (Å²) in [5, 5.41) is 3.22. The first kappa shape index (κ1) is 23.5. The summed E-state index contributed by atoms with van der Waals surface area (Å²) < 4.78 is 62.1. The molecule has 0 aliphatic carbocycles. The fourth-order valence-corrected chi connectivity index (χ4v) is 3.84. The largest absolute Gasteiger partial charge is 0.383 e. The van der Waals surface area contributed by atoms with Gasteiger partial charge in [0.15, 0.2) is 5.82 Å². The molecule has 3 aromatic rings. The molecular weight excluding hydrogens is 446 g/mol. The number of methoxy groups -OCH3 is 1. The zero-order valence-electron chi connectivity index (χ0n) is 17.6. The van der Waals surface area contributed by atoms with Crippen LogP contribution in [0, 0.1) is 11.6 Å². The predicted molar refractivity (Wildman–Crippen MR) is 115 cm³/mol. The Balaban J connectivity index is 2.06. The molecular formula is C19H22F2N6O4S. The molecule has 0 amide bonds. The summed E-state index contributed by atoms with van der Waals surface area (Å²) in [4.78, 5) is 24.1. The number of fused-ring (bicyclic) bond motifs is 1. The standard InChI is InChI=1S/C19H22F2N6O4S/c1-4-27(2)32(29,30)26-13-6-5-12(20)15(16(13)21)17(28)11-9-23-19-14(11)18(24-10-25-19)22-7-8-31-3/h5-6,9-10,26H,4,7-8H2,1-3H3,(H2,22,23,24,25). The van der Waals surface area contributed by atoms with Gasteiger partial charge in [-0.25, -0.2) is 18.7 Å². The van der Waals surface area contributed by atoms with Crippen molar-refractivity contribution < 1.29 is 26.7 Å². The van der Waals surface area contributed by atoms with E-state index in [1.807, 2.05) is 4.72 Å². The normalized spacial score (nSPS) is 11.8. The highest BCUT2D eigenvalue weighted by atomic mass is 32.2. The Labute approximate surface area is 183 Å². The first-order valence-electron chi connectivity index (χ1n) is 9.52. The number of benzene rings is 1. The molecule has 1 aromatic carbocycles. The Kier molecular flexibility index (Phi) is 7.01. The second-order valence-corrected chi connectivity index (χ2v) is 8.48. The average Bonchev–Trinajstić information content (AvgIpc) is 3.20. The Morgan fingerprint density at radius 3 is 2.72 bits per heavy atom. The number of nitrogens with zero attached hydrogens (tertiary/aromatic N) is 3. The zero-order valence-corrected chi connectivity index (χ0v) is 18.4. The number of aromatic nitrogens is 3. The summed E-state index contributed by atoms with van der Waals surface area (Å²) >= 11 is 0. The summed E-state index contributed by atoms with van der Waals surface area (Å²) in [5.41, 5.74) is -1.25. The molecule has 3 rings (SSSR count). The van der Waals surface area contributed by atoms with Gasteiger partial charge < -0.3 is 15.0 Å². The van der Waals surface area contributed by atoms with Crippen LogP contribution in [-0.2, 0) is 14.9 Å². The van der Waals surface area contributed by atoms with Gasteiger partial charge in [0.2, 0.25) is 5.78 Å². The zero-order chi connectivity index (χ0) is 23.5. The minimum absolute atomic E-state index is 0.0796. The monoisotopic (exact) mass is 468 g/mol. The third kappa shape index (κ3) is 4.54. The summed E-state index contributed by atoms with van der Waals surface area (Å²) in [5.74, 6) is -3.19. The molecule has 2 heterocycles. The summed E-state index contributed by atoms with van der Waals surface area (Å²) in [6.45, 7) is 2.44. The van der Waals surface area contributed by atoms with Crippen LogP contribution in [0.25, 0.3) is 11.0 Å². The predicted octanol–water partition coefficient (Wildman–Crippen LogP) is 2.13. The molecule has 0 aliphatic rings. The maximum Gasteiger partial charge on any atom is 0.301 e. The Morgan fingerprint density at radius 2 is 2.03 bits per heavy atom. The van der Waals surface area contributed by atoms with Crippen LogP contribution in [0.3, 0.4) is 0 Å². The fraction of sp³-hybridized carbons (Fsp3) is 0.316. The number of rotatable bonds is 10. The van der Waals surface area contributed by atoms with Gasteiger partial charge in [0.1, 0.15) is 23.6 Å². The van der Waals surface area contributed by atoms with Crippen molar-refractivity contribution in [1.82, 2.24) is 19.3 Å². The van der Waals surface area contributed by atoms with E-state index >= 15 is 4.39 Å². The molecule has 0 fully saturated rings. The topological polar surface area (TPSA) is 129 Å². The highest BCUT2D eigenvalue weighted by Gasteiger charge is 2.27. The lowest BCUT2D eigenvalue weighted by atomic mass is 10.0. The van der Waals surface area contributed by atoms with Crippen LogP contribution in [0.5, 0.6) is 0 Å². The van der Waals surface area contributed by atoms with Gasteiger partial charge in [0.25, 0.3) is 0 Å². The van der Waals surface area contributed by atoms with Crippen molar-refractivity contribution in [2.75, 3.05) is 43.9 Å². The lowest BCUT2D eigenvalue weighted by Gasteiger charge is -2.17. The number of ether oxygens (including phenoxy) is 1. The molecule has 13 heteroatoms. The number of aromatic amines is 1. The maximum atomic E-state index is 15.1. The van der Waals surface area contributed by atoms with Crippen LogP contribution in [-0.4, -0.2) is 67.3 Å². The van der Waals surface area contributed by atoms with E-state index in [-0.39, 0.29) is 29.0 Å². The van der Waals surface area contributed by atoms with Gasteiger partial charge in [-0.3, -0.25) is 9.52 Å². The number of H-pyrrole nitrogens is 1. The van der Waals surface area contributed by atoms with Crippen LogP contribution in [0.1, 0.15) is 22.8 Å². The van der Waals surface area contributed by atoms with Crippen molar-refractivity contribution in [2.45, 2.75) is 6.92 Å². The lowest BCUT2D eigenvalue weighted by Crippen LogP contribution is -2.32. The van der Waals surface area contributed by atoms with Crippen molar-refractivity contribution in [3.05, 3.63) is 47.4 Å². The Morgan fingerprint density at radius 1 is 1.28 bits per heavy atom. The van der Waals surface area contributed by atoms with Gasteiger partial charge in [-0.1, -0.05) is 6.92 Å². The molecule has 10 nitrogen and oxygen atoms in total. The number of ketones is 1. The second kappa shape index (κ2) is 9.54. The molecule has 2 aromatic heterocycles. The van der Waals surface area contributed by atoms with Gasteiger partial charge in [-0.2, -0.15) is 12.7 Å². The third-order valence-corrected chi connectivity index (χ3v) is 6.28. The van der Waals surface area contributed by atoms with Crippen molar-refractivity contribution in [3.63, 3.8) is 0 Å². The van der Waals surface area contributed by atoms with E-state index < -0.39 is 38.9 Å². The average molecular weight is 468 g/mol. The van der Waals surface area contributed by atoms with Crippen molar-refractivity contribution in [1.29, 1.82) is 0 Å². The number of hydrogen-bond acceptors (Lipinski definition) is 7. The van der Waals surface area contributed by atoms with Gasteiger partial charge in [0.05, 0.1) is 28.8 Å². The van der Waals surface area contributed by atoms with Crippen LogP contribution < -0.4 is 10.0 Å². The number of halogens is 2. The first-order chi connectivity index (χ1) is 15.2. The maximum absolute atomic E-state index is 15.1. The van der Waals surface area contributed by atoms with E-state index in [0.29, 0.717) is 13.2 Å². The number of carbonyl (C=O) groups excluding carboxylic acids is 1. The molecule has 172 valence electrons. The molecule has 0 saturated carbocycles. The fourth-order valence-electron chi connectivity index (χ4n) is 2.91. The van der Waals surface area contributed by atoms with Crippen LogP contribution in [0.4, 0.5) is 20.3 Å². The van der Waals surface area contributed by atoms with Crippen LogP contribution in [0.15, 0.2) is 24.7 Å². The van der Waals surface area contributed by atoms with E-state index in [9.17, 15) is 17.6 Å². The Bertz CT molecular complexity index is 1250. The molecule has 0 atom stereocenters. The molecule has 0 radical (unpaired) electrons. The van der Waals surface area contributed by atoms with Gasteiger partial charge in [-0.15, -0.1) is 0 Å². The smallest absolute Gasteiger partial charge is 0.301 e. The summed E-state index contributed by atoms with van der Waals surface area (Å²) in [6.07, 6.45) is 2.53. The van der Waals surface area contributed by atoms with Gasteiger partial charge in [0, 0.05) is 33.4 Å². The SMILES string of the molecule is CCN(C)S(=O)(=O)Nc1ccc(F)c(C(=O)c2c[nH]c3ncnc(NCCOC)c23)c1F. The van der Waals surface area contributed by atoms with E-state index in [1.165, 1.54) is 26.7 Å². The highest BCUT2D eigenvalue weighted by Crippen LogP contribution is 2.29. The lowest BCUT2D eigenvalue weighted by molar-refractivity contribution is 0.103. The minimum Gasteiger partial charge on any atom is -0.383 e. The summed E-state index contributed by atoms with van der Waals surface area (Å²) in [7, 11) is -1.27. The van der Waals surface area contributed by atoms with E-state index in [0.717, 1.165) is 16.4 Å². The molecule has 0 unspecified atom stereocenters. The van der Waals surface area contributed by atoms with Gasteiger partial charge in [-0.05, 0) is 12.1 Å². The molecule has 32 heavy (non-hydrogen) atoms. The van der Waals surface area contributed by atoms with Crippen molar-refractivity contribution >= 4 is 38.5 Å². The first-order valence-corrected chi connectivity index (χ1v) is 11.0. The number of nitrogens with one attached hydrogen (secondary N) is 3. The summed E-state index contributed by atoms with van der Waals surface area (Å²) in [6, 6.07) is 1.74. The van der Waals surface area contributed by atoms with Crippen LogP contribution >= 0.6 is 0 Å². The number of carbonyl (C=O) groups is 1. The Hall–Kier alpha value is -3.16. The van der Waals surface area contributed by atoms with Crippen LogP contribution in [0.2, 0.25) is 0 Å². The van der Waals surface area contributed by atoms with Crippen molar-refractivity contribution in [3.8, 4) is 0 Å². The number of anilines is 2. The second-order valence-electron chi connectivity index (χ2n) is 6.70. The minimum atomic E-state index is -4.09. The number of hydrogen-bond donors (Lipinski definition) is 3. The molecule has 0 saturated heterocycles. The molecule has 0 aliphatic heterocycles. The van der Waals surface area contributed by atoms with E-state index in [1.54, 1.807) is 6.92 Å². The third-order valence-electron chi connectivity index (χ3n) is 4.73. The molecule has 0 spiro atoms. The van der Waals surface area contributed by atoms with E-state index in [2.05, 4.69) is 20.3 Å². The quantitative estimate of drug-likeness (QED) is 0.307. The van der Waals surface area contributed by atoms with Gasteiger partial charge >= 0.3 is 10.2 Å². The van der Waals surface area contributed by atoms with Crippen molar-refractivity contribution in [2.24, 2.45) is 0 Å². The molecule has 3 N–H and O–H groups in total. The molecule has 0 bridgehead atoms. The van der Waals surface area contributed by atoms with E-state index in [4.69, 9.17) is 4.74 Å². The highest BCUT2D eigenvalue weighted by molar-refractivity contribution is 7.90.